The van der Waals surface area contributed by atoms with Gasteiger partial charge >= 0.3 is 6.18 Å². The quantitative estimate of drug-likeness (QED) is 0.151. The molecule has 0 unspecified atom stereocenters. The third-order valence-corrected chi connectivity index (χ3v) is 8.03. The molecule has 3 amide bonds. The number of nitrogens with zero attached hydrogens (tertiary/aromatic N) is 3. The van der Waals surface area contributed by atoms with Crippen LogP contribution in [0.2, 0.25) is 0 Å². The molecule has 1 aliphatic heterocycles. The van der Waals surface area contributed by atoms with E-state index in [1.807, 2.05) is 0 Å². The lowest BCUT2D eigenvalue weighted by Gasteiger charge is -2.27. The minimum atomic E-state index is -4.72. The lowest BCUT2D eigenvalue weighted by molar-refractivity contribution is -0.577. The van der Waals surface area contributed by atoms with Crippen LogP contribution in [0, 0.1) is 5.21 Å². The van der Waals surface area contributed by atoms with Crippen LogP contribution in [0.5, 0.6) is 5.75 Å². The normalized spacial score (nSPS) is 15.1. The Balaban J connectivity index is 0.00000541. The summed E-state index contributed by atoms with van der Waals surface area (Å²) < 4.78 is 45.3. The number of carbonyl (C=O) groups is 4. The van der Waals surface area contributed by atoms with Gasteiger partial charge in [-0.25, -0.2) is 0 Å². The van der Waals surface area contributed by atoms with Crippen LogP contribution in [0.4, 0.5) is 24.5 Å². The van der Waals surface area contributed by atoms with Crippen LogP contribution in [-0.2, 0) is 16.1 Å². The smallest absolute Gasteiger partial charge is 0.422 e. The summed E-state index contributed by atoms with van der Waals surface area (Å²) in [6.45, 7) is 0.617. The molecule has 1 aromatic heterocycles. The Labute approximate surface area is 285 Å². The van der Waals surface area contributed by atoms with Crippen LogP contribution in [0.15, 0.2) is 79.0 Å². The number of likely N-dealkylation sites (N-methyl/N-ethyl adjacent to an activating group) is 1. The standard InChI is InChI=1S/C34H32F3N5O6.ClH/c1-20(38-3)31(44)39-26-17-41(32(45)23-14-12-22(13-15-23)21(2)43)29-11-7-6-10-28(29)40(33(26)46)16-25-24-8-4-5-9-27(24)42(47)18-30(25)48-19-34(35,36)37;/h4-15,18,20,26,38H,16-17,19H2,1-3H3,(H,39,44);1H/t20-,26-;/m0./s1. The molecule has 11 nitrogen and oxygen atoms in total. The van der Waals surface area contributed by atoms with Crippen molar-refractivity contribution in [3.63, 3.8) is 0 Å². The number of halogens is 4. The van der Waals surface area contributed by atoms with Gasteiger partial charge in [-0.15, -0.1) is 12.4 Å². The van der Waals surface area contributed by atoms with Gasteiger partial charge in [-0.3, -0.25) is 19.2 Å². The number of para-hydroxylation sites is 3. The molecule has 0 spiro atoms. The van der Waals surface area contributed by atoms with Crippen molar-refractivity contribution in [3.05, 3.63) is 101 Å². The maximum Gasteiger partial charge on any atom is 0.422 e. The summed E-state index contributed by atoms with van der Waals surface area (Å²) in [4.78, 5) is 56.0. The van der Waals surface area contributed by atoms with Gasteiger partial charge in [-0.05, 0) is 51.2 Å². The average Bonchev–Trinajstić information content (AvgIpc) is 3.18. The van der Waals surface area contributed by atoms with E-state index in [1.54, 1.807) is 50.4 Å². The van der Waals surface area contributed by atoms with Gasteiger partial charge in [-0.1, -0.05) is 36.4 Å². The summed E-state index contributed by atoms with van der Waals surface area (Å²) in [5.41, 5.74) is 1.34. The first-order valence-electron chi connectivity index (χ1n) is 14.9. The molecule has 2 atom stereocenters. The Bertz CT molecular complexity index is 1890. The summed E-state index contributed by atoms with van der Waals surface area (Å²) in [7, 11) is 1.56. The van der Waals surface area contributed by atoms with Crippen molar-refractivity contribution >= 4 is 58.2 Å². The van der Waals surface area contributed by atoms with Crippen LogP contribution in [0.25, 0.3) is 10.9 Å². The van der Waals surface area contributed by atoms with Crippen molar-refractivity contribution in [1.29, 1.82) is 0 Å². The molecule has 0 saturated heterocycles. The van der Waals surface area contributed by atoms with E-state index < -0.39 is 48.3 Å². The number of carbonyl (C=O) groups excluding carboxylic acids is 4. The van der Waals surface area contributed by atoms with Crippen molar-refractivity contribution < 1.29 is 41.8 Å². The fourth-order valence-corrected chi connectivity index (χ4v) is 5.39. The van der Waals surface area contributed by atoms with Crippen LogP contribution in [0.1, 0.15) is 40.1 Å². The zero-order chi connectivity index (χ0) is 34.7. The second-order valence-electron chi connectivity index (χ2n) is 11.3. The number of fused-ring (bicyclic) bond motifs is 2. The highest BCUT2D eigenvalue weighted by molar-refractivity contribution is 6.13. The minimum Gasteiger partial charge on any atom is -0.618 e. The second kappa shape index (κ2) is 14.9. The minimum absolute atomic E-state index is 0. The Kier molecular flexibility index (Phi) is 11.1. The van der Waals surface area contributed by atoms with Gasteiger partial charge in [0.1, 0.15) is 6.04 Å². The molecule has 2 N–H and O–H groups in total. The van der Waals surface area contributed by atoms with E-state index in [2.05, 4.69) is 10.6 Å². The van der Waals surface area contributed by atoms with Crippen LogP contribution >= 0.6 is 12.4 Å². The number of pyridine rings is 1. The molecular formula is C34H33ClF3N5O6. The van der Waals surface area contributed by atoms with Crippen molar-refractivity contribution in [2.24, 2.45) is 0 Å². The second-order valence-corrected chi connectivity index (χ2v) is 11.3. The largest absolute Gasteiger partial charge is 0.618 e. The fourth-order valence-electron chi connectivity index (χ4n) is 5.39. The maximum absolute atomic E-state index is 14.4. The number of nitrogens with one attached hydrogen (secondary N) is 2. The summed E-state index contributed by atoms with van der Waals surface area (Å²) in [6, 6.07) is 16.6. The molecule has 0 fully saturated rings. The third-order valence-electron chi connectivity index (χ3n) is 8.03. The first kappa shape index (κ1) is 36.6. The number of hydrogen-bond donors (Lipinski definition) is 2. The van der Waals surface area contributed by atoms with Crippen LogP contribution in [0.3, 0.4) is 0 Å². The van der Waals surface area contributed by atoms with Crippen molar-refractivity contribution in [1.82, 2.24) is 10.6 Å². The molecular weight excluding hydrogens is 667 g/mol. The molecule has 2 heterocycles. The first-order chi connectivity index (χ1) is 22.8. The number of alkyl halides is 3. The third kappa shape index (κ3) is 7.92. The number of amides is 3. The number of ketones is 1. The summed E-state index contributed by atoms with van der Waals surface area (Å²) in [6.07, 6.45) is -3.84. The van der Waals surface area contributed by atoms with E-state index in [0.717, 1.165) is 6.20 Å². The molecule has 1 aliphatic rings. The number of rotatable bonds is 9. The fraction of sp³-hybridized carbons (Fsp3) is 0.265. The number of benzene rings is 3. The molecule has 258 valence electrons. The highest BCUT2D eigenvalue weighted by Crippen LogP contribution is 2.37. The highest BCUT2D eigenvalue weighted by atomic mass is 35.5. The molecule has 5 rings (SSSR count). The molecule has 3 aromatic carbocycles. The molecule has 15 heteroatoms. The number of anilines is 2. The number of aromatic nitrogens is 1. The van der Waals surface area contributed by atoms with Gasteiger partial charge in [-0.2, -0.15) is 17.9 Å². The van der Waals surface area contributed by atoms with Gasteiger partial charge in [0.25, 0.3) is 11.8 Å². The Hall–Kier alpha value is -5.21. The molecule has 0 saturated carbocycles. The lowest BCUT2D eigenvalue weighted by atomic mass is 10.1. The molecule has 0 bridgehead atoms. The van der Waals surface area contributed by atoms with Gasteiger partial charge < -0.3 is 30.4 Å². The summed E-state index contributed by atoms with van der Waals surface area (Å²) >= 11 is 0. The zero-order valence-corrected chi connectivity index (χ0v) is 27.4. The van der Waals surface area contributed by atoms with Gasteiger partial charge in [0.05, 0.1) is 35.9 Å². The van der Waals surface area contributed by atoms with E-state index in [-0.39, 0.29) is 64.7 Å². The zero-order valence-electron chi connectivity index (χ0n) is 26.6. The van der Waals surface area contributed by atoms with Crippen molar-refractivity contribution in [3.8, 4) is 5.75 Å². The van der Waals surface area contributed by atoms with Gasteiger partial charge in [0.2, 0.25) is 17.6 Å². The topological polar surface area (TPSA) is 135 Å². The SMILES string of the molecule is CN[C@@H](C)C(=O)N[C@H]1CN(C(=O)c2ccc(C(C)=O)cc2)c2ccccc2N(Cc2c(OCC(F)(F)F)c[n+]([O-])c3ccccc23)C1=O.Cl. The number of ether oxygens (including phenoxy) is 1. The van der Waals surface area contributed by atoms with E-state index in [0.29, 0.717) is 10.3 Å². The van der Waals surface area contributed by atoms with E-state index in [9.17, 15) is 37.6 Å². The van der Waals surface area contributed by atoms with E-state index >= 15 is 0 Å². The van der Waals surface area contributed by atoms with Crippen molar-refractivity contribution in [2.75, 3.05) is 30.0 Å². The Morgan fingerprint density at radius 2 is 1.61 bits per heavy atom. The monoisotopic (exact) mass is 699 g/mol. The van der Waals surface area contributed by atoms with Crippen LogP contribution in [-0.4, -0.2) is 62.0 Å². The average molecular weight is 700 g/mol. The summed E-state index contributed by atoms with van der Waals surface area (Å²) in [5.74, 6) is -2.30. The predicted octanol–water partition coefficient (Wildman–Crippen LogP) is 4.33. The predicted molar refractivity (Wildman–Crippen MR) is 178 cm³/mol. The van der Waals surface area contributed by atoms with Crippen molar-refractivity contribution in [2.45, 2.75) is 38.7 Å². The van der Waals surface area contributed by atoms with Gasteiger partial charge in [0, 0.05) is 22.8 Å². The Morgan fingerprint density at radius 1 is 1.00 bits per heavy atom. The van der Waals surface area contributed by atoms with Gasteiger partial charge in [0.15, 0.2) is 18.1 Å². The van der Waals surface area contributed by atoms with E-state index in [1.165, 1.54) is 53.1 Å². The Morgan fingerprint density at radius 3 is 2.24 bits per heavy atom. The summed E-state index contributed by atoms with van der Waals surface area (Å²) in [5, 5.41) is 18.6. The number of hydrogen-bond acceptors (Lipinski definition) is 7. The first-order valence-corrected chi connectivity index (χ1v) is 14.9. The molecule has 49 heavy (non-hydrogen) atoms. The maximum atomic E-state index is 14.4. The lowest BCUT2D eigenvalue weighted by Crippen LogP contribution is -2.55. The van der Waals surface area contributed by atoms with Crippen LogP contribution < -0.4 is 29.9 Å². The molecule has 4 aromatic rings. The molecule has 0 aliphatic carbocycles. The molecule has 0 radical (unpaired) electrons. The highest BCUT2D eigenvalue weighted by Gasteiger charge is 2.39. The van der Waals surface area contributed by atoms with E-state index in [4.69, 9.17) is 4.74 Å². The number of Topliss-reactive ketones (excluding diaryl/α,β-unsaturated/α-hetero) is 1.